The summed E-state index contributed by atoms with van der Waals surface area (Å²) in [6.07, 6.45) is 2.47. The Morgan fingerprint density at radius 3 is 2.33 bits per heavy atom. The molecule has 0 bridgehead atoms. The Labute approximate surface area is 123 Å². The number of nitrogens with zero attached hydrogens (tertiary/aromatic N) is 1. The van der Waals surface area contributed by atoms with E-state index >= 15 is 0 Å². The number of rotatable bonds is 11. The number of carbonyl (C=O) groups is 3. The van der Waals surface area contributed by atoms with Gasteiger partial charge < -0.3 is 20.5 Å². The first-order chi connectivity index (χ1) is 10.1. The van der Waals surface area contributed by atoms with Gasteiger partial charge in [-0.1, -0.05) is 0 Å². The van der Waals surface area contributed by atoms with E-state index in [1.807, 2.05) is 0 Å². The molecular weight excluding hydrogens is 278 g/mol. The SMILES string of the molecule is NCCOCCOCCNC(=O)CCN1C(=O)C=CC1=O. The number of ether oxygens (including phenoxy) is 2. The van der Waals surface area contributed by atoms with Gasteiger partial charge in [-0.25, -0.2) is 0 Å². The quantitative estimate of drug-likeness (QED) is 0.351. The lowest BCUT2D eigenvalue weighted by atomic mass is 10.3. The van der Waals surface area contributed by atoms with Gasteiger partial charge in [-0.15, -0.1) is 0 Å². The number of nitrogens with two attached hydrogens (primary N) is 1. The summed E-state index contributed by atoms with van der Waals surface area (Å²) in [7, 11) is 0. The minimum atomic E-state index is -0.381. The van der Waals surface area contributed by atoms with Crippen molar-refractivity contribution in [1.82, 2.24) is 10.2 Å². The molecule has 1 rings (SSSR count). The van der Waals surface area contributed by atoms with E-state index in [2.05, 4.69) is 5.32 Å². The van der Waals surface area contributed by atoms with Gasteiger partial charge in [0.2, 0.25) is 5.91 Å². The van der Waals surface area contributed by atoms with Crippen LogP contribution in [0.25, 0.3) is 0 Å². The molecule has 1 aliphatic rings. The first-order valence-electron chi connectivity index (χ1n) is 6.81. The second kappa shape index (κ2) is 10.0. The van der Waals surface area contributed by atoms with Gasteiger partial charge in [-0.05, 0) is 0 Å². The van der Waals surface area contributed by atoms with Crippen molar-refractivity contribution >= 4 is 17.7 Å². The smallest absolute Gasteiger partial charge is 0.253 e. The van der Waals surface area contributed by atoms with Crippen LogP contribution in [0.15, 0.2) is 12.2 Å². The second-order valence-corrected chi connectivity index (χ2v) is 4.27. The number of amides is 3. The van der Waals surface area contributed by atoms with Crippen LogP contribution in [-0.2, 0) is 23.9 Å². The molecule has 1 heterocycles. The lowest BCUT2D eigenvalue weighted by molar-refractivity contribution is -0.137. The summed E-state index contributed by atoms with van der Waals surface area (Å²) in [4.78, 5) is 35.0. The van der Waals surface area contributed by atoms with Crippen molar-refractivity contribution in [3.8, 4) is 0 Å². The van der Waals surface area contributed by atoms with Gasteiger partial charge in [0.15, 0.2) is 0 Å². The summed E-state index contributed by atoms with van der Waals surface area (Å²) < 4.78 is 10.3. The van der Waals surface area contributed by atoms with Crippen LogP contribution in [0.2, 0.25) is 0 Å². The maximum atomic E-state index is 11.5. The third kappa shape index (κ3) is 6.98. The van der Waals surface area contributed by atoms with E-state index in [1.54, 1.807) is 0 Å². The summed E-state index contributed by atoms with van der Waals surface area (Å²) >= 11 is 0. The normalized spacial score (nSPS) is 14.0. The molecule has 8 heteroatoms. The molecule has 0 unspecified atom stereocenters. The van der Waals surface area contributed by atoms with Crippen molar-refractivity contribution in [2.24, 2.45) is 5.73 Å². The largest absolute Gasteiger partial charge is 0.378 e. The lowest BCUT2D eigenvalue weighted by Gasteiger charge is -2.13. The van der Waals surface area contributed by atoms with Crippen LogP contribution in [0.5, 0.6) is 0 Å². The van der Waals surface area contributed by atoms with Crippen molar-refractivity contribution < 1.29 is 23.9 Å². The second-order valence-electron chi connectivity index (χ2n) is 4.27. The standard InChI is InChI=1S/C13H21N3O5/c14-4-7-20-9-10-21-8-5-15-11(17)3-6-16-12(18)1-2-13(16)19/h1-2H,3-10,14H2,(H,15,17). The van der Waals surface area contributed by atoms with E-state index in [0.29, 0.717) is 39.5 Å². The van der Waals surface area contributed by atoms with E-state index < -0.39 is 0 Å². The molecule has 0 aromatic carbocycles. The Kier molecular flexibility index (Phi) is 8.25. The van der Waals surface area contributed by atoms with Gasteiger partial charge in [0.1, 0.15) is 0 Å². The molecule has 0 radical (unpaired) electrons. The average Bonchev–Trinajstić information content (AvgIpc) is 2.78. The highest BCUT2D eigenvalue weighted by atomic mass is 16.5. The number of hydrogen-bond acceptors (Lipinski definition) is 6. The van der Waals surface area contributed by atoms with Crippen molar-refractivity contribution in [3.63, 3.8) is 0 Å². The summed E-state index contributed by atoms with van der Waals surface area (Å²) in [5.41, 5.74) is 5.25. The van der Waals surface area contributed by atoms with Crippen LogP contribution in [0.3, 0.4) is 0 Å². The van der Waals surface area contributed by atoms with Crippen LogP contribution in [-0.4, -0.2) is 68.7 Å². The summed E-state index contributed by atoms with van der Waals surface area (Å²) in [6, 6.07) is 0. The summed E-state index contributed by atoms with van der Waals surface area (Å²) in [5, 5.41) is 2.64. The lowest BCUT2D eigenvalue weighted by Crippen LogP contribution is -2.35. The number of nitrogens with one attached hydrogen (secondary N) is 1. The first-order valence-corrected chi connectivity index (χ1v) is 6.81. The van der Waals surface area contributed by atoms with Crippen molar-refractivity contribution in [2.75, 3.05) is 46.1 Å². The van der Waals surface area contributed by atoms with Crippen LogP contribution in [0, 0.1) is 0 Å². The van der Waals surface area contributed by atoms with Crippen LogP contribution in [0.4, 0.5) is 0 Å². The Morgan fingerprint density at radius 2 is 1.71 bits per heavy atom. The molecule has 0 aliphatic carbocycles. The van der Waals surface area contributed by atoms with Gasteiger partial charge in [0, 0.05) is 38.2 Å². The molecule has 0 aromatic rings. The Hall–Kier alpha value is -1.77. The van der Waals surface area contributed by atoms with Gasteiger partial charge >= 0.3 is 0 Å². The Balaban J connectivity index is 1.97. The minimum absolute atomic E-state index is 0.0821. The van der Waals surface area contributed by atoms with Crippen LogP contribution >= 0.6 is 0 Å². The zero-order chi connectivity index (χ0) is 15.5. The van der Waals surface area contributed by atoms with E-state index in [0.717, 1.165) is 4.90 Å². The minimum Gasteiger partial charge on any atom is -0.378 e. The fourth-order valence-electron chi connectivity index (χ4n) is 1.62. The molecule has 0 aromatic heterocycles. The molecule has 0 fully saturated rings. The fourth-order valence-corrected chi connectivity index (χ4v) is 1.62. The van der Waals surface area contributed by atoms with Crippen LogP contribution in [0.1, 0.15) is 6.42 Å². The molecule has 0 spiro atoms. The maximum Gasteiger partial charge on any atom is 0.253 e. The van der Waals surface area contributed by atoms with Gasteiger partial charge in [-0.3, -0.25) is 19.3 Å². The Bertz CT molecular complexity index is 379. The number of imide groups is 1. The van der Waals surface area contributed by atoms with E-state index in [1.165, 1.54) is 12.2 Å². The predicted molar refractivity (Wildman–Crippen MR) is 74.2 cm³/mol. The van der Waals surface area contributed by atoms with Crippen LogP contribution < -0.4 is 11.1 Å². The Morgan fingerprint density at radius 1 is 1.10 bits per heavy atom. The third-order valence-electron chi connectivity index (χ3n) is 2.67. The fraction of sp³-hybridized carbons (Fsp3) is 0.615. The maximum absolute atomic E-state index is 11.5. The molecule has 8 nitrogen and oxygen atoms in total. The molecule has 3 amide bonds. The van der Waals surface area contributed by atoms with E-state index in [-0.39, 0.29) is 30.7 Å². The molecule has 0 atom stereocenters. The van der Waals surface area contributed by atoms with Crippen molar-refractivity contribution in [1.29, 1.82) is 0 Å². The van der Waals surface area contributed by atoms with Gasteiger partial charge in [0.25, 0.3) is 11.8 Å². The van der Waals surface area contributed by atoms with E-state index in [4.69, 9.17) is 15.2 Å². The third-order valence-corrected chi connectivity index (χ3v) is 2.67. The molecular formula is C13H21N3O5. The molecule has 3 N–H and O–H groups in total. The zero-order valence-electron chi connectivity index (χ0n) is 11.9. The number of carbonyl (C=O) groups excluding carboxylic acids is 3. The molecule has 1 aliphatic heterocycles. The summed E-state index contributed by atoms with van der Waals surface area (Å²) in [5.74, 6) is -0.993. The first kappa shape index (κ1) is 17.3. The zero-order valence-corrected chi connectivity index (χ0v) is 11.9. The topological polar surface area (TPSA) is 111 Å². The number of hydrogen-bond donors (Lipinski definition) is 2. The highest BCUT2D eigenvalue weighted by Crippen LogP contribution is 2.03. The monoisotopic (exact) mass is 299 g/mol. The van der Waals surface area contributed by atoms with Gasteiger partial charge in [0.05, 0.1) is 26.4 Å². The van der Waals surface area contributed by atoms with Crippen molar-refractivity contribution in [3.05, 3.63) is 12.2 Å². The molecule has 21 heavy (non-hydrogen) atoms. The molecule has 0 saturated carbocycles. The molecule has 0 saturated heterocycles. The van der Waals surface area contributed by atoms with Crippen molar-refractivity contribution in [2.45, 2.75) is 6.42 Å². The van der Waals surface area contributed by atoms with E-state index in [9.17, 15) is 14.4 Å². The van der Waals surface area contributed by atoms with Gasteiger partial charge in [-0.2, -0.15) is 0 Å². The predicted octanol–water partition coefficient (Wildman–Crippen LogP) is -1.59. The highest BCUT2D eigenvalue weighted by Gasteiger charge is 2.23. The highest BCUT2D eigenvalue weighted by molar-refractivity contribution is 6.13. The average molecular weight is 299 g/mol. The summed E-state index contributed by atoms with van der Waals surface area (Å²) in [6.45, 7) is 2.73. The molecule has 118 valence electrons.